The molecule has 2 N–H and O–H groups in total. The number of hydrogen-bond donors (Lipinski definition) is 1. The smallest absolute Gasteiger partial charge is 0.339 e. The second-order valence-corrected chi connectivity index (χ2v) is 2.78. The molecule has 1 aromatic rings. The van der Waals surface area contributed by atoms with Crippen molar-refractivity contribution >= 4 is 17.9 Å². The van der Waals surface area contributed by atoms with Gasteiger partial charge in [0.25, 0.3) is 0 Å². The number of carbonyl (C=O) groups is 1. The quantitative estimate of drug-likeness (QED) is 0.556. The van der Waals surface area contributed by atoms with Gasteiger partial charge in [0.05, 0.1) is 12.7 Å². The third-order valence-corrected chi connectivity index (χ3v) is 2.03. The van der Waals surface area contributed by atoms with Crippen molar-refractivity contribution in [1.29, 1.82) is 0 Å². The average Bonchev–Trinajstić information content (AvgIpc) is 2.16. The summed E-state index contributed by atoms with van der Waals surface area (Å²) < 4.78 is 4.57. The molecule has 1 rings (SSSR count). The Labute approximate surface area is 75.0 Å². The lowest BCUT2D eigenvalue weighted by atomic mass is 10.2. The van der Waals surface area contributed by atoms with E-state index in [9.17, 15) is 4.79 Å². The van der Waals surface area contributed by atoms with Gasteiger partial charge < -0.3 is 4.74 Å². The maximum absolute atomic E-state index is 11.1. The molecule has 64 valence electrons. The second kappa shape index (κ2) is 4.13. The Morgan fingerprint density at radius 1 is 1.50 bits per heavy atom. The maximum Gasteiger partial charge on any atom is 0.339 e. The molecular weight excluding hydrogens is 174 g/mol. The van der Waals surface area contributed by atoms with Crippen molar-refractivity contribution in [3.63, 3.8) is 0 Å². The predicted molar refractivity (Wildman–Crippen MR) is 47.8 cm³/mol. The summed E-state index contributed by atoms with van der Waals surface area (Å²) in [6.07, 6.45) is 0. The highest BCUT2D eigenvalue weighted by Gasteiger charge is 2.09. The van der Waals surface area contributed by atoms with Crippen LogP contribution in [0.2, 0.25) is 0 Å². The molecule has 0 aliphatic rings. The molecule has 0 atom stereocenters. The molecule has 0 bridgehead atoms. The molecule has 0 saturated carbocycles. The number of methoxy groups -OCH3 is 1. The van der Waals surface area contributed by atoms with E-state index in [1.165, 1.54) is 7.11 Å². The molecule has 4 heteroatoms. The lowest BCUT2D eigenvalue weighted by Gasteiger charge is -2.02. The Hall–Kier alpha value is -1.00. The molecule has 1 aromatic carbocycles. The molecule has 0 aromatic heterocycles. The highest BCUT2D eigenvalue weighted by molar-refractivity contribution is 7.97. The fourth-order valence-corrected chi connectivity index (χ4v) is 1.28. The lowest BCUT2D eigenvalue weighted by Crippen LogP contribution is -2.03. The van der Waals surface area contributed by atoms with Crippen LogP contribution < -0.4 is 5.14 Å². The van der Waals surface area contributed by atoms with Crippen LogP contribution in [-0.2, 0) is 4.74 Å². The third kappa shape index (κ3) is 1.78. The molecule has 0 fully saturated rings. The first-order valence-electron chi connectivity index (χ1n) is 3.33. The lowest BCUT2D eigenvalue weighted by molar-refractivity contribution is 0.0597. The van der Waals surface area contributed by atoms with E-state index >= 15 is 0 Å². The zero-order valence-corrected chi connectivity index (χ0v) is 7.43. The van der Waals surface area contributed by atoms with Gasteiger partial charge in [-0.1, -0.05) is 12.1 Å². The van der Waals surface area contributed by atoms with Crippen LogP contribution in [0, 0.1) is 0 Å². The number of nitrogens with two attached hydrogens (primary N) is 1. The second-order valence-electron chi connectivity index (χ2n) is 2.11. The molecule has 0 aliphatic heterocycles. The van der Waals surface area contributed by atoms with E-state index < -0.39 is 0 Å². The molecule has 0 aliphatic carbocycles. The largest absolute Gasteiger partial charge is 0.465 e. The zero-order chi connectivity index (χ0) is 8.97. The van der Waals surface area contributed by atoms with Crippen molar-refractivity contribution in [3.8, 4) is 0 Å². The molecule has 0 amide bonds. The Balaban J connectivity index is 3.04. The van der Waals surface area contributed by atoms with Gasteiger partial charge in [-0.15, -0.1) is 0 Å². The van der Waals surface area contributed by atoms with Crippen molar-refractivity contribution < 1.29 is 9.53 Å². The van der Waals surface area contributed by atoms with Gasteiger partial charge in [-0.05, 0) is 24.1 Å². The normalized spacial score (nSPS) is 9.50. The number of rotatable bonds is 2. The Morgan fingerprint density at radius 2 is 2.17 bits per heavy atom. The van der Waals surface area contributed by atoms with E-state index in [4.69, 9.17) is 5.14 Å². The Bertz CT molecular complexity index is 288. The van der Waals surface area contributed by atoms with E-state index in [-0.39, 0.29) is 5.97 Å². The van der Waals surface area contributed by atoms with Crippen molar-refractivity contribution in [2.24, 2.45) is 5.14 Å². The van der Waals surface area contributed by atoms with E-state index in [2.05, 4.69) is 4.74 Å². The highest BCUT2D eigenvalue weighted by atomic mass is 32.2. The van der Waals surface area contributed by atoms with Gasteiger partial charge in [0.2, 0.25) is 0 Å². The standard InChI is InChI=1S/C8H9NO2S/c1-11-8(10)6-4-2-3-5-7(6)12-9/h2-5H,9H2,1H3. The van der Waals surface area contributed by atoms with Crippen LogP contribution in [0.15, 0.2) is 29.2 Å². The van der Waals surface area contributed by atoms with Gasteiger partial charge in [0, 0.05) is 4.90 Å². The van der Waals surface area contributed by atoms with Crippen LogP contribution in [0.25, 0.3) is 0 Å². The van der Waals surface area contributed by atoms with Gasteiger partial charge in [-0.25, -0.2) is 4.79 Å². The molecular formula is C8H9NO2S. The summed E-state index contributed by atoms with van der Waals surface area (Å²) in [6, 6.07) is 7.05. The third-order valence-electron chi connectivity index (χ3n) is 1.42. The SMILES string of the molecule is COC(=O)c1ccccc1SN. The van der Waals surface area contributed by atoms with Gasteiger partial charge in [-0.3, -0.25) is 5.14 Å². The Morgan fingerprint density at radius 3 is 2.75 bits per heavy atom. The maximum atomic E-state index is 11.1. The van der Waals surface area contributed by atoms with Crippen molar-refractivity contribution in [1.82, 2.24) is 0 Å². The van der Waals surface area contributed by atoms with E-state index in [0.29, 0.717) is 5.56 Å². The molecule has 0 heterocycles. The average molecular weight is 183 g/mol. The van der Waals surface area contributed by atoms with Crippen LogP contribution >= 0.6 is 11.9 Å². The van der Waals surface area contributed by atoms with Crippen molar-refractivity contribution in [3.05, 3.63) is 29.8 Å². The topological polar surface area (TPSA) is 52.3 Å². The molecule has 12 heavy (non-hydrogen) atoms. The molecule has 3 nitrogen and oxygen atoms in total. The molecule has 0 spiro atoms. The number of ether oxygens (including phenoxy) is 1. The van der Waals surface area contributed by atoms with Gasteiger partial charge in [0.1, 0.15) is 0 Å². The van der Waals surface area contributed by atoms with E-state index in [1.54, 1.807) is 18.2 Å². The fraction of sp³-hybridized carbons (Fsp3) is 0.125. The molecule has 0 saturated heterocycles. The van der Waals surface area contributed by atoms with Crippen LogP contribution in [0.3, 0.4) is 0 Å². The van der Waals surface area contributed by atoms with Crippen molar-refractivity contribution in [2.45, 2.75) is 4.90 Å². The number of esters is 1. The minimum Gasteiger partial charge on any atom is -0.465 e. The highest BCUT2D eigenvalue weighted by Crippen LogP contribution is 2.17. The van der Waals surface area contributed by atoms with E-state index in [1.807, 2.05) is 6.07 Å². The Kier molecular flexibility index (Phi) is 3.13. The van der Waals surface area contributed by atoms with Crippen LogP contribution in [0.5, 0.6) is 0 Å². The predicted octanol–water partition coefficient (Wildman–Crippen LogP) is 1.44. The van der Waals surface area contributed by atoms with Gasteiger partial charge in [0.15, 0.2) is 0 Å². The van der Waals surface area contributed by atoms with Crippen LogP contribution in [0.1, 0.15) is 10.4 Å². The first kappa shape index (κ1) is 9.09. The summed E-state index contributed by atoms with van der Waals surface area (Å²) in [7, 11) is 1.35. The van der Waals surface area contributed by atoms with Crippen LogP contribution in [-0.4, -0.2) is 13.1 Å². The first-order chi connectivity index (χ1) is 5.79. The zero-order valence-electron chi connectivity index (χ0n) is 6.61. The van der Waals surface area contributed by atoms with E-state index in [0.717, 1.165) is 16.8 Å². The molecule has 0 radical (unpaired) electrons. The number of hydrogen-bond acceptors (Lipinski definition) is 4. The van der Waals surface area contributed by atoms with Gasteiger partial charge >= 0.3 is 5.97 Å². The first-order valence-corrected chi connectivity index (χ1v) is 4.21. The summed E-state index contributed by atoms with van der Waals surface area (Å²) in [5, 5.41) is 5.35. The monoisotopic (exact) mass is 183 g/mol. The minimum atomic E-state index is -0.358. The number of carbonyl (C=O) groups excluding carboxylic acids is 1. The van der Waals surface area contributed by atoms with Gasteiger partial charge in [-0.2, -0.15) is 0 Å². The molecule has 0 unspecified atom stereocenters. The summed E-state index contributed by atoms with van der Waals surface area (Å²) in [6.45, 7) is 0. The minimum absolute atomic E-state index is 0.358. The number of benzene rings is 1. The summed E-state index contributed by atoms with van der Waals surface area (Å²) in [4.78, 5) is 11.8. The summed E-state index contributed by atoms with van der Waals surface area (Å²) >= 11 is 1.04. The van der Waals surface area contributed by atoms with Crippen molar-refractivity contribution in [2.75, 3.05) is 7.11 Å². The van der Waals surface area contributed by atoms with Crippen LogP contribution in [0.4, 0.5) is 0 Å². The summed E-state index contributed by atoms with van der Waals surface area (Å²) in [5.74, 6) is -0.358. The summed E-state index contributed by atoms with van der Waals surface area (Å²) in [5.41, 5.74) is 0.507. The fourth-order valence-electron chi connectivity index (χ4n) is 0.848.